The first-order valence-corrected chi connectivity index (χ1v) is 12.0. The molecule has 2 aromatic carbocycles. The maximum absolute atomic E-state index is 13.4. The van der Waals surface area contributed by atoms with Gasteiger partial charge in [0.25, 0.3) is 11.7 Å². The van der Waals surface area contributed by atoms with Crippen molar-refractivity contribution in [1.82, 2.24) is 4.98 Å². The Morgan fingerprint density at radius 2 is 1.81 bits per heavy atom. The molecular formula is C29H31N3O4. The molecule has 1 fully saturated rings. The van der Waals surface area contributed by atoms with Crippen LogP contribution in [0.15, 0.2) is 72.4 Å². The van der Waals surface area contributed by atoms with Crippen LogP contribution in [-0.2, 0) is 9.59 Å². The highest BCUT2D eigenvalue weighted by Crippen LogP contribution is 2.42. The van der Waals surface area contributed by atoms with Crippen LogP contribution >= 0.6 is 0 Å². The molecular weight excluding hydrogens is 454 g/mol. The molecule has 36 heavy (non-hydrogen) atoms. The molecule has 1 saturated heterocycles. The van der Waals surface area contributed by atoms with Gasteiger partial charge >= 0.3 is 0 Å². The van der Waals surface area contributed by atoms with Crippen LogP contribution in [0.5, 0.6) is 5.75 Å². The molecule has 186 valence electrons. The zero-order valence-electron chi connectivity index (χ0n) is 21.2. The number of aliphatic hydroxyl groups excluding tert-OH is 1. The van der Waals surface area contributed by atoms with Crippen LogP contribution in [0, 0.1) is 0 Å². The highest BCUT2D eigenvalue weighted by molar-refractivity contribution is 6.51. The van der Waals surface area contributed by atoms with E-state index in [1.807, 2.05) is 58.0 Å². The Morgan fingerprint density at radius 1 is 1.08 bits per heavy atom. The molecule has 1 aromatic heterocycles. The first-order valence-electron chi connectivity index (χ1n) is 12.0. The molecule has 1 unspecified atom stereocenters. The zero-order valence-corrected chi connectivity index (χ0v) is 21.2. The van der Waals surface area contributed by atoms with Crippen LogP contribution in [0.2, 0.25) is 0 Å². The second-order valence-corrected chi connectivity index (χ2v) is 9.17. The summed E-state index contributed by atoms with van der Waals surface area (Å²) in [4.78, 5) is 34.5. The van der Waals surface area contributed by atoms with E-state index < -0.39 is 17.7 Å². The fourth-order valence-electron chi connectivity index (χ4n) is 4.42. The van der Waals surface area contributed by atoms with E-state index in [1.165, 1.54) is 4.90 Å². The predicted molar refractivity (Wildman–Crippen MR) is 141 cm³/mol. The Labute approximate surface area is 211 Å². The topological polar surface area (TPSA) is 83.0 Å². The number of carbonyl (C=O) groups excluding carboxylic acids is 2. The van der Waals surface area contributed by atoms with Gasteiger partial charge in [-0.15, -0.1) is 0 Å². The van der Waals surface area contributed by atoms with Gasteiger partial charge in [-0.05, 0) is 73.0 Å². The van der Waals surface area contributed by atoms with Gasteiger partial charge in [-0.3, -0.25) is 19.5 Å². The first-order chi connectivity index (χ1) is 17.2. The third kappa shape index (κ3) is 4.56. The Bertz CT molecular complexity index is 1300. The molecule has 1 aliphatic rings. The van der Waals surface area contributed by atoms with Crippen molar-refractivity contribution in [2.75, 3.05) is 30.5 Å². The van der Waals surface area contributed by atoms with Crippen molar-refractivity contribution in [2.45, 2.75) is 32.7 Å². The highest BCUT2D eigenvalue weighted by Gasteiger charge is 2.47. The molecule has 7 nitrogen and oxygen atoms in total. The lowest BCUT2D eigenvalue weighted by atomic mass is 9.94. The molecule has 1 atom stereocenters. The number of Topliss-reactive ketones (excluding diaryl/α,β-unsaturated/α-hetero) is 1. The summed E-state index contributed by atoms with van der Waals surface area (Å²) in [6.07, 6.45) is 1.61. The summed E-state index contributed by atoms with van der Waals surface area (Å²) in [5.74, 6) is -0.837. The molecule has 4 rings (SSSR count). The van der Waals surface area contributed by atoms with Gasteiger partial charge in [0.1, 0.15) is 17.6 Å². The minimum Gasteiger partial charge on any atom is -0.507 e. The smallest absolute Gasteiger partial charge is 0.300 e. The number of amides is 1. The summed E-state index contributed by atoms with van der Waals surface area (Å²) in [6, 6.07) is 17.1. The van der Waals surface area contributed by atoms with Crippen molar-refractivity contribution in [3.63, 3.8) is 0 Å². The number of pyridine rings is 1. The molecule has 0 saturated carbocycles. The lowest BCUT2D eigenvalue weighted by Gasteiger charge is -2.25. The quantitative estimate of drug-likeness (QED) is 0.278. The first kappa shape index (κ1) is 25.0. The number of hydrogen-bond donors (Lipinski definition) is 1. The number of hydrogen-bond acceptors (Lipinski definition) is 6. The number of carbonyl (C=O) groups is 2. The van der Waals surface area contributed by atoms with E-state index in [-0.39, 0.29) is 17.3 Å². The molecule has 1 aliphatic heterocycles. The standard InChI is InChI=1S/C29H31N3O4/c1-6-36-24-15-10-19(17-22(24)18(2)3)27(33)25-26(23-9-7-8-16-30-23)32(29(35)28(25)34)21-13-11-20(12-14-21)31(4)5/h7-18,26,33H,6H2,1-5H3/b27-25-. The summed E-state index contributed by atoms with van der Waals surface area (Å²) < 4.78 is 5.75. The van der Waals surface area contributed by atoms with Gasteiger partial charge in [0.05, 0.1) is 17.9 Å². The number of aromatic nitrogens is 1. The molecule has 0 radical (unpaired) electrons. The van der Waals surface area contributed by atoms with Crippen LogP contribution < -0.4 is 14.5 Å². The van der Waals surface area contributed by atoms with E-state index in [2.05, 4.69) is 4.98 Å². The summed E-state index contributed by atoms with van der Waals surface area (Å²) in [5, 5.41) is 11.5. The van der Waals surface area contributed by atoms with Gasteiger partial charge in [0.15, 0.2) is 0 Å². The summed E-state index contributed by atoms with van der Waals surface area (Å²) in [5.41, 5.74) is 3.36. The number of rotatable bonds is 7. The van der Waals surface area contributed by atoms with E-state index in [1.54, 1.807) is 48.7 Å². The predicted octanol–water partition coefficient (Wildman–Crippen LogP) is 5.30. The maximum Gasteiger partial charge on any atom is 0.300 e. The molecule has 1 N–H and O–H groups in total. The van der Waals surface area contributed by atoms with E-state index in [4.69, 9.17) is 4.74 Å². The Kier molecular flexibility index (Phi) is 7.10. The average Bonchev–Trinajstić information content (AvgIpc) is 3.14. The van der Waals surface area contributed by atoms with Crippen molar-refractivity contribution >= 4 is 28.8 Å². The molecule has 0 bridgehead atoms. The Hall–Kier alpha value is -4.13. The monoisotopic (exact) mass is 485 g/mol. The number of ketones is 1. The third-order valence-electron chi connectivity index (χ3n) is 6.26. The van der Waals surface area contributed by atoms with E-state index in [0.717, 1.165) is 17.0 Å². The normalized spacial score (nSPS) is 17.1. The highest BCUT2D eigenvalue weighted by atomic mass is 16.5. The van der Waals surface area contributed by atoms with Gasteiger partial charge in [-0.2, -0.15) is 0 Å². The summed E-state index contributed by atoms with van der Waals surface area (Å²) in [6.45, 7) is 6.50. The third-order valence-corrected chi connectivity index (χ3v) is 6.26. The van der Waals surface area contributed by atoms with Crippen LogP contribution in [0.25, 0.3) is 5.76 Å². The molecule has 0 aliphatic carbocycles. The number of aliphatic hydroxyl groups is 1. The maximum atomic E-state index is 13.4. The molecule has 0 spiro atoms. The number of benzene rings is 2. The van der Waals surface area contributed by atoms with Crippen LogP contribution in [0.4, 0.5) is 11.4 Å². The lowest BCUT2D eigenvalue weighted by molar-refractivity contribution is -0.132. The Balaban J connectivity index is 1.89. The second-order valence-electron chi connectivity index (χ2n) is 9.17. The zero-order chi connectivity index (χ0) is 26.0. The van der Waals surface area contributed by atoms with Crippen molar-refractivity contribution in [3.8, 4) is 5.75 Å². The lowest BCUT2D eigenvalue weighted by Crippen LogP contribution is -2.29. The van der Waals surface area contributed by atoms with Crippen LogP contribution in [-0.4, -0.2) is 42.5 Å². The van der Waals surface area contributed by atoms with Crippen molar-refractivity contribution in [3.05, 3.63) is 89.3 Å². The van der Waals surface area contributed by atoms with Gasteiger partial charge in [-0.25, -0.2) is 0 Å². The largest absolute Gasteiger partial charge is 0.507 e. The minimum absolute atomic E-state index is 0.00857. The number of anilines is 2. The van der Waals surface area contributed by atoms with Crippen LogP contribution in [0.1, 0.15) is 49.6 Å². The van der Waals surface area contributed by atoms with Gasteiger partial charge in [0, 0.05) is 37.2 Å². The molecule has 3 aromatic rings. The second kappa shape index (κ2) is 10.2. The van der Waals surface area contributed by atoms with Crippen molar-refractivity contribution in [2.24, 2.45) is 0 Å². The fraction of sp³-hybridized carbons (Fsp3) is 0.276. The van der Waals surface area contributed by atoms with Gasteiger partial charge in [-0.1, -0.05) is 19.9 Å². The average molecular weight is 486 g/mol. The van der Waals surface area contributed by atoms with E-state index >= 15 is 0 Å². The van der Waals surface area contributed by atoms with Crippen LogP contribution in [0.3, 0.4) is 0 Å². The Morgan fingerprint density at radius 3 is 2.39 bits per heavy atom. The molecule has 1 amide bonds. The van der Waals surface area contributed by atoms with Crippen molar-refractivity contribution in [1.29, 1.82) is 0 Å². The number of ether oxygens (including phenoxy) is 1. The summed E-state index contributed by atoms with van der Waals surface area (Å²) in [7, 11) is 3.86. The van der Waals surface area contributed by atoms with E-state index in [9.17, 15) is 14.7 Å². The SMILES string of the molecule is CCOc1ccc(/C(O)=C2/C(=O)C(=O)N(c3ccc(N(C)C)cc3)C2c2ccccn2)cc1C(C)C. The molecule has 2 heterocycles. The van der Waals surface area contributed by atoms with Crippen molar-refractivity contribution < 1.29 is 19.4 Å². The molecule has 7 heteroatoms. The fourth-order valence-corrected chi connectivity index (χ4v) is 4.42. The number of nitrogens with zero attached hydrogens (tertiary/aromatic N) is 3. The van der Waals surface area contributed by atoms with E-state index in [0.29, 0.717) is 23.6 Å². The minimum atomic E-state index is -0.870. The van der Waals surface area contributed by atoms with Gasteiger partial charge in [0.2, 0.25) is 0 Å². The summed E-state index contributed by atoms with van der Waals surface area (Å²) >= 11 is 0. The van der Waals surface area contributed by atoms with Gasteiger partial charge < -0.3 is 14.7 Å².